The lowest BCUT2D eigenvalue weighted by molar-refractivity contribution is 0.284. The van der Waals surface area contributed by atoms with Gasteiger partial charge in [0.1, 0.15) is 23.3 Å². The zero-order valence-electron chi connectivity index (χ0n) is 21.5. The highest BCUT2D eigenvalue weighted by Gasteiger charge is 2.15. The number of fused-ring (bicyclic) bond motifs is 3. The van der Waals surface area contributed by atoms with Gasteiger partial charge in [0.2, 0.25) is 0 Å². The van der Waals surface area contributed by atoms with Gasteiger partial charge in [-0.2, -0.15) is 5.26 Å². The molecule has 6 nitrogen and oxygen atoms in total. The molecule has 0 atom stereocenters. The third kappa shape index (κ3) is 4.96. The first-order valence-corrected chi connectivity index (χ1v) is 13.4. The van der Waals surface area contributed by atoms with Crippen molar-refractivity contribution in [2.45, 2.75) is 6.61 Å². The molecule has 0 saturated heterocycles. The average Bonchev–Trinajstić information content (AvgIpc) is 3.49. The van der Waals surface area contributed by atoms with Crippen LogP contribution in [0.2, 0.25) is 0 Å². The van der Waals surface area contributed by atoms with E-state index in [1.165, 1.54) is 11.3 Å². The maximum absolute atomic E-state index is 12.8. The molecular formula is C33H22N2O4S. The summed E-state index contributed by atoms with van der Waals surface area (Å²) in [4.78, 5) is 17.5. The van der Waals surface area contributed by atoms with Crippen molar-refractivity contribution in [1.29, 1.82) is 5.26 Å². The zero-order chi connectivity index (χ0) is 27.5. The van der Waals surface area contributed by atoms with E-state index in [-0.39, 0.29) is 0 Å². The third-order valence-corrected chi connectivity index (χ3v) is 7.38. The van der Waals surface area contributed by atoms with Crippen LogP contribution in [0, 0.1) is 11.3 Å². The first-order valence-electron chi connectivity index (χ1n) is 12.5. The van der Waals surface area contributed by atoms with E-state index >= 15 is 0 Å². The number of thiazole rings is 1. The van der Waals surface area contributed by atoms with Crippen molar-refractivity contribution >= 4 is 44.7 Å². The fourth-order valence-corrected chi connectivity index (χ4v) is 5.29. The van der Waals surface area contributed by atoms with Gasteiger partial charge in [0.25, 0.3) is 0 Å². The molecule has 40 heavy (non-hydrogen) atoms. The molecule has 0 aliphatic heterocycles. The number of aromatic nitrogens is 1. The maximum Gasteiger partial charge on any atom is 0.345 e. The van der Waals surface area contributed by atoms with Gasteiger partial charge in [0.05, 0.1) is 23.9 Å². The monoisotopic (exact) mass is 542 g/mol. The van der Waals surface area contributed by atoms with Crippen molar-refractivity contribution in [3.05, 3.63) is 123 Å². The molecule has 2 aromatic heterocycles. The Hall–Kier alpha value is -5.19. The topological polar surface area (TPSA) is 85.4 Å². The lowest BCUT2D eigenvalue weighted by Crippen LogP contribution is -2.03. The molecule has 0 aliphatic carbocycles. The molecule has 0 aliphatic rings. The summed E-state index contributed by atoms with van der Waals surface area (Å²) in [6, 6.07) is 31.1. The molecule has 0 fully saturated rings. The summed E-state index contributed by atoms with van der Waals surface area (Å²) in [5.74, 6) is 1.16. The predicted octanol–water partition coefficient (Wildman–Crippen LogP) is 7.72. The predicted molar refractivity (Wildman–Crippen MR) is 158 cm³/mol. The van der Waals surface area contributed by atoms with Crippen molar-refractivity contribution in [3.63, 3.8) is 0 Å². The number of methoxy groups -OCH3 is 1. The Balaban J connectivity index is 1.30. The Morgan fingerprint density at radius 3 is 2.62 bits per heavy atom. The molecule has 0 bridgehead atoms. The number of hydrogen-bond donors (Lipinski definition) is 0. The summed E-state index contributed by atoms with van der Waals surface area (Å²) in [6.07, 6.45) is 1.74. The van der Waals surface area contributed by atoms with Gasteiger partial charge in [-0.3, -0.25) is 0 Å². The molecule has 6 rings (SSSR count). The van der Waals surface area contributed by atoms with Crippen molar-refractivity contribution in [1.82, 2.24) is 4.98 Å². The van der Waals surface area contributed by atoms with Crippen molar-refractivity contribution in [2.24, 2.45) is 0 Å². The third-order valence-electron chi connectivity index (χ3n) is 6.51. The van der Waals surface area contributed by atoms with Crippen molar-refractivity contribution in [2.75, 3.05) is 7.11 Å². The normalized spacial score (nSPS) is 11.4. The van der Waals surface area contributed by atoms with E-state index in [9.17, 15) is 10.1 Å². The fourth-order valence-electron chi connectivity index (χ4n) is 4.51. The van der Waals surface area contributed by atoms with Gasteiger partial charge in [-0.25, -0.2) is 9.78 Å². The van der Waals surface area contributed by atoms with Gasteiger partial charge in [0.15, 0.2) is 11.5 Å². The second kappa shape index (κ2) is 10.9. The van der Waals surface area contributed by atoms with Gasteiger partial charge < -0.3 is 13.9 Å². The number of nitrogens with zero attached hydrogens (tertiary/aromatic N) is 2. The van der Waals surface area contributed by atoms with E-state index in [0.717, 1.165) is 27.3 Å². The molecule has 0 saturated carbocycles. The van der Waals surface area contributed by atoms with E-state index in [4.69, 9.17) is 13.9 Å². The van der Waals surface area contributed by atoms with Gasteiger partial charge in [-0.05, 0) is 52.2 Å². The van der Waals surface area contributed by atoms with Gasteiger partial charge >= 0.3 is 5.63 Å². The minimum atomic E-state index is -0.474. The summed E-state index contributed by atoms with van der Waals surface area (Å²) in [7, 11) is 1.58. The number of hydrogen-bond acceptors (Lipinski definition) is 7. The first-order chi connectivity index (χ1) is 19.6. The van der Waals surface area contributed by atoms with Crippen LogP contribution in [0.25, 0.3) is 44.6 Å². The quantitative estimate of drug-likeness (QED) is 0.117. The first kappa shape index (κ1) is 25.1. The fraction of sp³-hybridized carbons (Fsp3) is 0.0606. The molecule has 4 aromatic carbocycles. The lowest BCUT2D eigenvalue weighted by atomic mass is 10.0. The number of rotatable bonds is 7. The van der Waals surface area contributed by atoms with Crippen LogP contribution in [0.4, 0.5) is 0 Å². The Morgan fingerprint density at radius 2 is 1.80 bits per heavy atom. The van der Waals surface area contributed by atoms with Crippen LogP contribution >= 0.6 is 11.3 Å². The number of benzene rings is 4. The van der Waals surface area contributed by atoms with Crippen molar-refractivity contribution in [3.8, 4) is 28.8 Å². The van der Waals surface area contributed by atoms with E-state index in [1.807, 2.05) is 84.9 Å². The molecule has 7 heteroatoms. The largest absolute Gasteiger partial charge is 0.493 e. The van der Waals surface area contributed by atoms with E-state index in [2.05, 4.69) is 11.1 Å². The second-order valence-corrected chi connectivity index (χ2v) is 9.90. The number of ether oxygens (including phenoxy) is 2. The number of allylic oxidation sites excluding steroid dienone is 1. The Bertz CT molecular complexity index is 1980. The summed E-state index contributed by atoms with van der Waals surface area (Å²) in [5, 5.41) is 15.1. The highest BCUT2D eigenvalue weighted by atomic mass is 32.1. The highest BCUT2D eigenvalue weighted by Crippen LogP contribution is 2.33. The molecule has 6 aromatic rings. The summed E-state index contributed by atoms with van der Waals surface area (Å²) >= 11 is 1.29. The van der Waals surface area contributed by atoms with Crippen LogP contribution in [0.3, 0.4) is 0 Å². The molecule has 0 N–H and O–H groups in total. The molecule has 194 valence electrons. The molecular weight excluding hydrogens is 520 g/mol. The summed E-state index contributed by atoms with van der Waals surface area (Å²) in [6.45, 7) is 0.413. The SMILES string of the molecule is COc1cc(C=C(C#N)c2nc(-c3cc4c(ccc5ccccc54)oc3=O)cs2)ccc1OCc1ccccc1. The van der Waals surface area contributed by atoms with Crippen LogP contribution in [-0.2, 0) is 6.61 Å². The van der Waals surface area contributed by atoms with Crippen LogP contribution < -0.4 is 15.1 Å². The molecule has 0 amide bonds. The van der Waals surface area contributed by atoms with Crippen LogP contribution in [-0.4, -0.2) is 12.1 Å². The zero-order valence-corrected chi connectivity index (χ0v) is 22.3. The summed E-state index contributed by atoms with van der Waals surface area (Å²) in [5.41, 5.74) is 3.04. The van der Waals surface area contributed by atoms with Gasteiger partial charge in [-0.15, -0.1) is 11.3 Å². The number of nitriles is 1. The molecule has 2 heterocycles. The summed E-state index contributed by atoms with van der Waals surface area (Å²) < 4.78 is 17.1. The second-order valence-electron chi connectivity index (χ2n) is 9.04. The standard InChI is InChI=1S/C33H22N2O4S/c1-37-31-16-22(11-13-30(31)38-19-21-7-3-2-4-8-21)15-24(18-34)32-35-28(20-40-32)27-17-26-25-10-6-5-9-23(25)12-14-29(26)39-33(27)36/h2-17,20H,19H2,1H3. The minimum Gasteiger partial charge on any atom is -0.493 e. The van der Waals surface area contributed by atoms with Crippen LogP contribution in [0.15, 0.2) is 106 Å². The van der Waals surface area contributed by atoms with Crippen LogP contribution in [0.1, 0.15) is 16.1 Å². The van der Waals surface area contributed by atoms with Gasteiger partial charge in [-0.1, -0.05) is 66.7 Å². The Labute approximate surface area is 234 Å². The van der Waals surface area contributed by atoms with Gasteiger partial charge in [0, 0.05) is 10.8 Å². The molecule has 0 spiro atoms. The maximum atomic E-state index is 12.8. The highest BCUT2D eigenvalue weighted by molar-refractivity contribution is 7.11. The lowest BCUT2D eigenvalue weighted by Gasteiger charge is -2.11. The smallest absolute Gasteiger partial charge is 0.345 e. The van der Waals surface area contributed by atoms with Crippen molar-refractivity contribution < 1.29 is 13.9 Å². The van der Waals surface area contributed by atoms with E-state index < -0.39 is 5.63 Å². The molecule has 0 radical (unpaired) electrons. The van der Waals surface area contributed by atoms with Crippen LogP contribution in [0.5, 0.6) is 11.5 Å². The Morgan fingerprint density at radius 1 is 0.975 bits per heavy atom. The van der Waals surface area contributed by atoms with E-state index in [0.29, 0.717) is 45.5 Å². The average molecular weight is 543 g/mol. The molecule has 0 unspecified atom stereocenters. The Kier molecular flexibility index (Phi) is 6.84. The van der Waals surface area contributed by atoms with E-state index in [1.54, 1.807) is 24.6 Å². The minimum absolute atomic E-state index is 0.352.